The lowest BCUT2D eigenvalue weighted by Gasteiger charge is -1.96. The van der Waals surface area contributed by atoms with E-state index in [0.717, 1.165) is 28.2 Å². The van der Waals surface area contributed by atoms with Crippen molar-refractivity contribution in [2.75, 3.05) is 0 Å². The summed E-state index contributed by atoms with van der Waals surface area (Å²) in [4.78, 5) is 12.4. The van der Waals surface area contributed by atoms with E-state index in [1.165, 1.54) is 5.56 Å². The predicted octanol–water partition coefficient (Wildman–Crippen LogP) is 3.24. The number of H-pyrrole nitrogens is 1. The van der Waals surface area contributed by atoms with Crippen molar-refractivity contribution in [3.63, 3.8) is 0 Å². The van der Waals surface area contributed by atoms with Gasteiger partial charge in [0.15, 0.2) is 5.82 Å². The molecule has 1 aromatic carbocycles. The summed E-state index contributed by atoms with van der Waals surface area (Å²) in [6.45, 7) is 4.05. The molecule has 0 unspecified atom stereocenters. The van der Waals surface area contributed by atoms with E-state index in [2.05, 4.69) is 27.9 Å². The Labute approximate surface area is 99.5 Å². The third-order valence-electron chi connectivity index (χ3n) is 2.85. The SMILES string of the molecule is Cc1cccc(-c2nc3c(C)cccc3[nH]2)n1. The fourth-order valence-corrected chi connectivity index (χ4v) is 1.97. The molecule has 0 saturated heterocycles. The van der Waals surface area contributed by atoms with E-state index in [0.29, 0.717) is 0 Å². The van der Waals surface area contributed by atoms with Crippen LogP contribution in [0.5, 0.6) is 0 Å². The first-order valence-electron chi connectivity index (χ1n) is 5.63. The van der Waals surface area contributed by atoms with Crippen LogP contribution in [0.4, 0.5) is 0 Å². The van der Waals surface area contributed by atoms with Gasteiger partial charge in [-0.15, -0.1) is 0 Å². The molecular weight excluding hydrogens is 210 g/mol. The molecule has 0 aliphatic heterocycles. The van der Waals surface area contributed by atoms with Crippen LogP contribution in [0.3, 0.4) is 0 Å². The summed E-state index contributed by atoms with van der Waals surface area (Å²) in [6, 6.07) is 12.1. The number of nitrogens with one attached hydrogen (secondary N) is 1. The van der Waals surface area contributed by atoms with Gasteiger partial charge in [0.2, 0.25) is 0 Å². The molecule has 0 aliphatic rings. The number of aromatic nitrogens is 3. The molecule has 0 aliphatic carbocycles. The summed E-state index contributed by atoms with van der Waals surface area (Å²) in [5, 5.41) is 0. The number of hydrogen-bond donors (Lipinski definition) is 1. The van der Waals surface area contributed by atoms with Crippen LogP contribution in [0.2, 0.25) is 0 Å². The first-order valence-corrected chi connectivity index (χ1v) is 5.63. The van der Waals surface area contributed by atoms with Crippen molar-refractivity contribution in [2.24, 2.45) is 0 Å². The highest BCUT2D eigenvalue weighted by molar-refractivity contribution is 5.81. The van der Waals surface area contributed by atoms with Crippen LogP contribution in [-0.2, 0) is 0 Å². The number of hydrogen-bond acceptors (Lipinski definition) is 2. The van der Waals surface area contributed by atoms with Gasteiger partial charge >= 0.3 is 0 Å². The van der Waals surface area contributed by atoms with Gasteiger partial charge in [0.05, 0.1) is 11.0 Å². The molecule has 3 heteroatoms. The minimum absolute atomic E-state index is 0.831. The average molecular weight is 223 g/mol. The van der Waals surface area contributed by atoms with Crippen molar-refractivity contribution in [2.45, 2.75) is 13.8 Å². The molecule has 2 heterocycles. The van der Waals surface area contributed by atoms with Crippen molar-refractivity contribution in [1.29, 1.82) is 0 Å². The van der Waals surface area contributed by atoms with E-state index in [1.54, 1.807) is 0 Å². The maximum Gasteiger partial charge on any atom is 0.157 e. The molecule has 0 spiro atoms. The Morgan fingerprint density at radius 1 is 0.941 bits per heavy atom. The molecule has 3 nitrogen and oxygen atoms in total. The van der Waals surface area contributed by atoms with Gasteiger partial charge in [-0.1, -0.05) is 18.2 Å². The van der Waals surface area contributed by atoms with Crippen LogP contribution in [0.25, 0.3) is 22.6 Å². The minimum atomic E-state index is 0.831. The number of imidazole rings is 1. The molecule has 1 N–H and O–H groups in total. The largest absolute Gasteiger partial charge is 0.337 e. The number of nitrogens with zero attached hydrogens (tertiary/aromatic N) is 2. The number of pyridine rings is 1. The molecule has 0 radical (unpaired) electrons. The minimum Gasteiger partial charge on any atom is -0.337 e. The van der Waals surface area contributed by atoms with Gasteiger partial charge in [0.25, 0.3) is 0 Å². The molecule has 2 aromatic heterocycles. The Hall–Kier alpha value is -2.16. The van der Waals surface area contributed by atoms with E-state index in [-0.39, 0.29) is 0 Å². The standard InChI is InChI=1S/C14H13N3/c1-9-5-3-7-11-13(9)17-14(16-11)12-8-4-6-10(2)15-12/h3-8H,1-2H3,(H,16,17). The number of aryl methyl sites for hydroxylation is 2. The van der Waals surface area contributed by atoms with Crippen molar-refractivity contribution in [3.8, 4) is 11.5 Å². The summed E-state index contributed by atoms with van der Waals surface area (Å²) >= 11 is 0. The fourth-order valence-electron chi connectivity index (χ4n) is 1.97. The number of benzene rings is 1. The molecule has 84 valence electrons. The Balaban J connectivity index is 2.22. The molecule has 17 heavy (non-hydrogen) atoms. The molecule has 0 atom stereocenters. The van der Waals surface area contributed by atoms with Gasteiger partial charge in [-0.2, -0.15) is 0 Å². The molecule has 3 rings (SSSR count). The highest BCUT2D eigenvalue weighted by atomic mass is 14.9. The molecule has 3 aromatic rings. The maximum atomic E-state index is 4.61. The molecular formula is C14H13N3. The summed E-state index contributed by atoms with van der Waals surface area (Å²) < 4.78 is 0. The second kappa shape index (κ2) is 3.70. The van der Waals surface area contributed by atoms with Crippen molar-refractivity contribution in [3.05, 3.63) is 47.7 Å². The van der Waals surface area contributed by atoms with Crippen LogP contribution in [0.1, 0.15) is 11.3 Å². The zero-order valence-corrected chi connectivity index (χ0v) is 9.86. The van der Waals surface area contributed by atoms with Crippen LogP contribution < -0.4 is 0 Å². The van der Waals surface area contributed by atoms with E-state index < -0.39 is 0 Å². The van der Waals surface area contributed by atoms with Gasteiger partial charge in [0, 0.05) is 5.69 Å². The highest BCUT2D eigenvalue weighted by Gasteiger charge is 2.07. The molecule has 0 fully saturated rings. The van der Waals surface area contributed by atoms with Gasteiger partial charge < -0.3 is 4.98 Å². The number of rotatable bonds is 1. The zero-order chi connectivity index (χ0) is 11.8. The zero-order valence-electron chi connectivity index (χ0n) is 9.86. The lowest BCUT2D eigenvalue weighted by Crippen LogP contribution is -1.87. The number of fused-ring (bicyclic) bond motifs is 1. The monoisotopic (exact) mass is 223 g/mol. The summed E-state index contributed by atoms with van der Waals surface area (Å²) in [6.07, 6.45) is 0. The third kappa shape index (κ3) is 1.69. The lowest BCUT2D eigenvalue weighted by molar-refractivity contribution is 1.17. The van der Waals surface area contributed by atoms with Crippen molar-refractivity contribution < 1.29 is 0 Å². The highest BCUT2D eigenvalue weighted by Crippen LogP contribution is 2.21. The first-order chi connectivity index (χ1) is 8.24. The predicted molar refractivity (Wildman–Crippen MR) is 68.8 cm³/mol. The second-order valence-electron chi connectivity index (χ2n) is 4.22. The molecule has 0 bridgehead atoms. The Morgan fingerprint density at radius 2 is 1.76 bits per heavy atom. The second-order valence-corrected chi connectivity index (χ2v) is 4.22. The molecule has 0 amide bonds. The first kappa shape index (κ1) is 10.0. The van der Waals surface area contributed by atoms with Gasteiger partial charge in [-0.3, -0.25) is 0 Å². The summed E-state index contributed by atoms with van der Waals surface area (Å²) in [5.74, 6) is 0.831. The van der Waals surface area contributed by atoms with E-state index >= 15 is 0 Å². The third-order valence-corrected chi connectivity index (χ3v) is 2.85. The van der Waals surface area contributed by atoms with E-state index in [9.17, 15) is 0 Å². The quantitative estimate of drug-likeness (QED) is 0.688. The summed E-state index contributed by atoms with van der Waals surface area (Å²) in [7, 11) is 0. The van der Waals surface area contributed by atoms with Gasteiger partial charge in [-0.05, 0) is 37.6 Å². The normalized spacial score (nSPS) is 10.9. The van der Waals surface area contributed by atoms with E-state index in [4.69, 9.17) is 0 Å². The van der Waals surface area contributed by atoms with Crippen molar-refractivity contribution >= 4 is 11.0 Å². The Bertz CT molecular complexity index is 683. The topological polar surface area (TPSA) is 41.6 Å². The lowest BCUT2D eigenvalue weighted by atomic mass is 10.2. The van der Waals surface area contributed by atoms with Gasteiger partial charge in [0.1, 0.15) is 5.69 Å². The molecule has 0 saturated carbocycles. The van der Waals surface area contributed by atoms with Crippen LogP contribution in [-0.4, -0.2) is 15.0 Å². The van der Waals surface area contributed by atoms with Gasteiger partial charge in [-0.25, -0.2) is 9.97 Å². The Kier molecular flexibility index (Phi) is 2.18. The van der Waals surface area contributed by atoms with Crippen LogP contribution in [0.15, 0.2) is 36.4 Å². The average Bonchev–Trinajstić information content (AvgIpc) is 2.74. The number of para-hydroxylation sites is 1. The van der Waals surface area contributed by atoms with Crippen molar-refractivity contribution in [1.82, 2.24) is 15.0 Å². The van der Waals surface area contributed by atoms with Crippen LogP contribution in [0, 0.1) is 13.8 Å². The number of aromatic amines is 1. The smallest absolute Gasteiger partial charge is 0.157 e. The fraction of sp³-hybridized carbons (Fsp3) is 0.143. The maximum absolute atomic E-state index is 4.61. The van der Waals surface area contributed by atoms with E-state index in [1.807, 2.05) is 37.3 Å². The summed E-state index contributed by atoms with van der Waals surface area (Å²) in [5.41, 5.74) is 5.15. The Morgan fingerprint density at radius 3 is 2.53 bits per heavy atom. The van der Waals surface area contributed by atoms with Crippen LogP contribution >= 0.6 is 0 Å².